The number of hydrogen-bond acceptors (Lipinski definition) is 13. The fourth-order valence-electron chi connectivity index (χ4n) is 2.79. The Hall–Kier alpha value is -0.940. The van der Waals surface area contributed by atoms with Crippen molar-refractivity contribution in [2.24, 2.45) is 4.99 Å². The number of nitrogens with zero attached hydrogens (tertiary/aromatic N) is 2. The van der Waals surface area contributed by atoms with Crippen LogP contribution in [0.1, 0.15) is 41.5 Å². The van der Waals surface area contributed by atoms with Crippen LogP contribution in [0.2, 0.25) is 0 Å². The lowest BCUT2D eigenvalue weighted by Crippen LogP contribution is -2.37. The molecule has 1 unspecified atom stereocenters. The Morgan fingerprint density at radius 3 is 1.55 bits per heavy atom. The largest absolute Gasteiger partial charge is 0.396 e. The van der Waals surface area contributed by atoms with E-state index in [1.54, 1.807) is 13.8 Å². The predicted molar refractivity (Wildman–Crippen MR) is 121 cm³/mol. The third-order valence-corrected chi connectivity index (χ3v) is 10.0. The second-order valence-electron chi connectivity index (χ2n) is 5.98. The molecule has 1 N–H and O–H groups in total. The summed E-state index contributed by atoms with van der Waals surface area (Å²) >= 11 is 0. The highest BCUT2D eigenvalue weighted by Gasteiger charge is 2.55. The second-order valence-corrected chi connectivity index (χ2v) is 12.0. The van der Waals surface area contributed by atoms with Gasteiger partial charge >= 0.3 is 28.5 Å². The fourth-order valence-corrected chi connectivity index (χ4v) is 8.18. The highest BCUT2D eigenvalue weighted by molar-refractivity contribution is 7.72. The lowest BCUT2D eigenvalue weighted by atomic mass is 10.4. The van der Waals surface area contributed by atoms with E-state index in [0.29, 0.717) is 0 Å². The Balaban J connectivity index is 3.99. The van der Waals surface area contributed by atoms with Crippen molar-refractivity contribution in [3.63, 3.8) is 0 Å². The van der Waals surface area contributed by atoms with E-state index in [2.05, 4.69) is 10.3 Å². The molecule has 0 aliphatic carbocycles. The number of hydrogen-bond donors (Lipinski definition) is 1. The summed E-state index contributed by atoms with van der Waals surface area (Å²) in [5, 5.41) is 14.6. The topological polar surface area (TPSA) is 174 Å². The zero-order valence-corrected chi connectivity index (χ0v) is 22.2. The van der Waals surface area contributed by atoms with Crippen molar-refractivity contribution in [1.82, 2.24) is 5.32 Å². The molecule has 1 atom stereocenters. The summed E-state index contributed by atoms with van der Waals surface area (Å²) in [5.74, 6) is -1.96. The van der Waals surface area contributed by atoms with Gasteiger partial charge in [0.2, 0.25) is 16.8 Å². The molecule has 17 heteroatoms. The molecule has 0 aromatic carbocycles. The van der Waals surface area contributed by atoms with Gasteiger partial charge in [0.1, 0.15) is 0 Å². The number of amidine groups is 1. The average molecular weight is 535 g/mol. The van der Waals surface area contributed by atoms with Crippen LogP contribution in [0.15, 0.2) is 16.1 Å². The maximum Gasteiger partial charge on any atom is 0.396 e. The van der Waals surface area contributed by atoms with Gasteiger partial charge in [-0.25, -0.2) is 4.99 Å². The Kier molecular flexibility index (Phi) is 12.1. The summed E-state index contributed by atoms with van der Waals surface area (Å²) < 4.78 is 72.2. The van der Waals surface area contributed by atoms with Gasteiger partial charge in [-0.3, -0.25) is 23.8 Å². The van der Waals surface area contributed by atoms with Crippen LogP contribution < -0.4 is 5.32 Å². The first kappa shape index (κ1) is 30.1. The molecule has 0 saturated heterocycles. The minimum Gasteiger partial charge on any atom is -0.321 e. The molecular weight excluding hydrogens is 503 g/mol. The number of nitro groups is 1. The van der Waals surface area contributed by atoms with Crippen molar-refractivity contribution in [3.8, 4) is 0 Å². The van der Waals surface area contributed by atoms with Crippen LogP contribution in [0.3, 0.4) is 0 Å². The summed E-state index contributed by atoms with van der Waals surface area (Å²) in [7, 11) is -13.0. The van der Waals surface area contributed by atoms with E-state index >= 15 is 0 Å². The average Bonchev–Trinajstić information content (AvgIpc) is 2.73. The first-order chi connectivity index (χ1) is 15.5. The number of nitrogens with one attached hydrogen (secondary N) is 1. The van der Waals surface area contributed by atoms with Crippen LogP contribution >= 0.6 is 22.8 Å². The minimum absolute atomic E-state index is 0.0764. The quantitative estimate of drug-likeness (QED) is 0.166. The second kappa shape index (κ2) is 13.2. The molecule has 0 aromatic heterocycles. The van der Waals surface area contributed by atoms with Crippen molar-refractivity contribution in [2.45, 2.75) is 47.3 Å². The fraction of sp³-hybridized carbons (Fsp3) is 0.812. The molecule has 0 aromatic rings. The van der Waals surface area contributed by atoms with Gasteiger partial charge in [-0.05, 0) is 41.5 Å². The molecule has 33 heavy (non-hydrogen) atoms. The van der Waals surface area contributed by atoms with Gasteiger partial charge in [-0.15, -0.1) is 0 Å². The summed E-state index contributed by atoms with van der Waals surface area (Å²) in [4.78, 5) is 15.2. The van der Waals surface area contributed by atoms with E-state index in [1.807, 2.05) is 0 Å². The highest BCUT2D eigenvalue weighted by atomic mass is 31.2. The van der Waals surface area contributed by atoms with E-state index < -0.39 is 50.2 Å². The minimum atomic E-state index is -4.41. The maximum atomic E-state index is 13.6. The van der Waals surface area contributed by atoms with Crippen molar-refractivity contribution in [2.75, 3.05) is 39.6 Å². The third kappa shape index (κ3) is 7.04. The van der Waals surface area contributed by atoms with Crippen LogP contribution in [0.25, 0.3) is 0 Å². The normalized spacial score (nSPS) is 17.6. The molecule has 0 spiro atoms. The standard InChI is InChI=1S/C16H32N3O11P3/c1-7-25-31(22,26-8-2)14-13(19(20)21)15(32(23,27-9-3)28-10-4)18-16(17-14)33(24,29-11-5)30-12-6/h14H,7-12H2,1-6H3,(H,17,18). The van der Waals surface area contributed by atoms with Crippen LogP contribution in [0, 0.1) is 10.1 Å². The van der Waals surface area contributed by atoms with Gasteiger partial charge in [0, 0.05) is 0 Å². The molecule has 14 nitrogen and oxygen atoms in total. The predicted octanol–water partition coefficient (Wildman–Crippen LogP) is 4.52. The molecule has 0 bridgehead atoms. The van der Waals surface area contributed by atoms with Crippen molar-refractivity contribution >= 4 is 28.4 Å². The Morgan fingerprint density at radius 2 is 1.18 bits per heavy atom. The highest BCUT2D eigenvalue weighted by Crippen LogP contribution is 2.64. The lowest BCUT2D eigenvalue weighted by molar-refractivity contribution is -0.428. The zero-order valence-electron chi connectivity index (χ0n) is 19.5. The van der Waals surface area contributed by atoms with Crippen LogP contribution in [-0.2, 0) is 40.8 Å². The van der Waals surface area contributed by atoms with Gasteiger partial charge in [0.25, 0.3) is 0 Å². The SMILES string of the molecule is CCOP(=O)(OCC)C1=NC(P(=O)(OCC)OCC)C([N+](=O)[O-])=C(P(=O)(OCC)OCC)N1. The van der Waals surface area contributed by atoms with Gasteiger partial charge in [-0.1, -0.05) is 0 Å². The third-order valence-electron chi connectivity index (χ3n) is 3.81. The lowest BCUT2D eigenvalue weighted by Gasteiger charge is -2.31. The smallest absolute Gasteiger partial charge is 0.321 e. The molecular formula is C16H32N3O11P3. The van der Waals surface area contributed by atoms with Crippen LogP contribution in [0.5, 0.6) is 0 Å². The van der Waals surface area contributed by atoms with Gasteiger partial charge in [0.15, 0.2) is 0 Å². The van der Waals surface area contributed by atoms with E-state index in [4.69, 9.17) is 27.1 Å². The molecule has 1 aliphatic heterocycles. The molecule has 0 fully saturated rings. The van der Waals surface area contributed by atoms with Crippen LogP contribution in [0.4, 0.5) is 0 Å². The summed E-state index contributed by atoms with van der Waals surface area (Å²) in [6, 6.07) is 0. The summed E-state index contributed by atoms with van der Waals surface area (Å²) in [5.41, 5.74) is -2.18. The Labute approximate surface area is 193 Å². The first-order valence-corrected chi connectivity index (χ1v) is 15.1. The van der Waals surface area contributed by atoms with E-state index in [9.17, 15) is 23.8 Å². The molecule has 0 amide bonds. The van der Waals surface area contributed by atoms with Crippen molar-refractivity contribution in [3.05, 3.63) is 21.2 Å². The zero-order chi connectivity index (χ0) is 25.3. The molecule has 192 valence electrons. The summed E-state index contributed by atoms with van der Waals surface area (Å²) in [6.07, 6.45) is 0. The van der Waals surface area contributed by atoms with E-state index in [0.717, 1.165) is 0 Å². The monoisotopic (exact) mass is 535 g/mol. The summed E-state index contributed by atoms with van der Waals surface area (Å²) in [6.45, 7) is 8.37. The van der Waals surface area contributed by atoms with Gasteiger partial charge in [-0.2, -0.15) is 0 Å². The van der Waals surface area contributed by atoms with Crippen molar-refractivity contribution in [1.29, 1.82) is 0 Å². The van der Waals surface area contributed by atoms with Crippen molar-refractivity contribution < 1.29 is 45.8 Å². The Bertz CT molecular complexity index is 862. The van der Waals surface area contributed by atoms with Gasteiger partial charge < -0.3 is 32.5 Å². The maximum absolute atomic E-state index is 13.6. The number of rotatable bonds is 16. The van der Waals surface area contributed by atoms with E-state index in [-0.39, 0.29) is 39.6 Å². The number of aliphatic imine (C=N–C) groups is 1. The molecule has 0 radical (unpaired) electrons. The van der Waals surface area contributed by atoms with E-state index in [1.165, 1.54) is 27.7 Å². The van der Waals surface area contributed by atoms with Crippen LogP contribution in [-0.4, -0.2) is 55.9 Å². The first-order valence-electron chi connectivity index (χ1n) is 10.4. The Morgan fingerprint density at radius 1 is 0.788 bits per heavy atom. The molecule has 1 heterocycles. The molecule has 0 saturated carbocycles. The van der Waals surface area contributed by atoms with Gasteiger partial charge in [0.05, 0.1) is 44.6 Å². The molecule has 1 rings (SSSR count). The molecule has 1 aliphatic rings.